The molecule has 0 unspecified atom stereocenters. The number of halogens is 1. The van der Waals surface area contributed by atoms with Crippen molar-refractivity contribution in [3.63, 3.8) is 0 Å². The molecule has 5 heteroatoms. The molecule has 0 aliphatic rings. The molecule has 2 aromatic rings. The van der Waals surface area contributed by atoms with E-state index in [4.69, 9.17) is 10.5 Å². The van der Waals surface area contributed by atoms with Crippen LogP contribution >= 0.6 is 27.3 Å². The Labute approximate surface area is 93.7 Å². The Morgan fingerprint density at radius 2 is 2.00 bits per heavy atom. The molecule has 0 amide bonds. The van der Waals surface area contributed by atoms with Crippen LogP contribution in [0.5, 0.6) is 10.9 Å². The average Bonchev–Trinajstić information content (AvgIpc) is 2.56. The van der Waals surface area contributed by atoms with Crippen LogP contribution in [0.25, 0.3) is 0 Å². The summed E-state index contributed by atoms with van der Waals surface area (Å²) in [7, 11) is 0. The first-order chi connectivity index (χ1) is 6.74. The van der Waals surface area contributed by atoms with E-state index in [1.807, 2.05) is 12.1 Å². The minimum absolute atomic E-state index is 0.613. The van der Waals surface area contributed by atoms with Crippen LogP contribution in [0.4, 0.5) is 5.69 Å². The maximum absolute atomic E-state index is 5.55. The van der Waals surface area contributed by atoms with E-state index in [0.29, 0.717) is 5.19 Å². The summed E-state index contributed by atoms with van der Waals surface area (Å²) >= 11 is 4.75. The third kappa shape index (κ3) is 2.24. The minimum atomic E-state index is 0.613. The zero-order valence-electron chi connectivity index (χ0n) is 7.11. The number of aromatic nitrogens is 1. The van der Waals surface area contributed by atoms with Gasteiger partial charge >= 0.3 is 0 Å². The van der Waals surface area contributed by atoms with Gasteiger partial charge < -0.3 is 10.5 Å². The number of nitrogens with two attached hydrogens (primary N) is 1. The molecule has 14 heavy (non-hydrogen) atoms. The molecular weight excluding hydrogens is 264 g/mol. The molecule has 0 saturated heterocycles. The van der Waals surface area contributed by atoms with E-state index in [2.05, 4.69) is 20.9 Å². The van der Waals surface area contributed by atoms with E-state index >= 15 is 0 Å². The summed E-state index contributed by atoms with van der Waals surface area (Å²) in [6.07, 6.45) is 1.71. The number of benzene rings is 1. The third-order valence-electron chi connectivity index (χ3n) is 1.54. The molecule has 0 spiro atoms. The van der Waals surface area contributed by atoms with Crippen molar-refractivity contribution in [1.82, 2.24) is 4.98 Å². The van der Waals surface area contributed by atoms with Crippen LogP contribution in [0.15, 0.2) is 34.2 Å². The lowest BCUT2D eigenvalue weighted by atomic mass is 10.3. The molecule has 72 valence electrons. The second-order valence-corrected chi connectivity index (χ2v) is 4.97. The summed E-state index contributed by atoms with van der Waals surface area (Å²) < 4.78 is 6.42. The summed E-state index contributed by atoms with van der Waals surface area (Å²) in [5.74, 6) is 0.737. The Hall–Kier alpha value is -1.07. The molecule has 0 aliphatic heterocycles. The number of nitrogen functional groups attached to an aromatic ring is 1. The normalized spacial score (nSPS) is 10.1. The molecule has 3 nitrogen and oxygen atoms in total. The van der Waals surface area contributed by atoms with Crippen molar-refractivity contribution in [3.8, 4) is 10.9 Å². The van der Waals surface area contributed by atoms with E-state index in [1.165, 1.54) is 11.3 Å². The van der Waals surface area contributed by atoms with Crippen molar-refractivity contribution in [2.75, 3.05) is 5.73 Å². The predicted molar refractivity (Wildman–Crippen MR) is 60.7 cm³/mol. The summed E-state index contributed by atoms with van der Waals surface area (Å²) in [6, 6.07) is 7.20. The van der Waals surface area contributed by atoms with Crippen molar-refractivity contribution in [1.29, 1.82) is 0 Å². The molecular formula is C9H7BrN2OS. The van der Waals surface area contributed by atoms with Gasteiger partial charge in [0.05, 0.1) is 9.98 Å². The lowest BCUT2D eigenvalue weighted by molar-refractivity contribution is 0.479. The van der Waals surface area contributed by atoms with Crippen LogP contribution in [-0.2, 0) is 0 Å². The van der Waals surface area contributed by atoms with Gasteiger partial charge in [0, 0.05) is 5.69 Å². The second-order valence-electron chi connectivity index (χ2n) is 2.60. The number of ether oxygens (including phenoxy) is 1. The van der Waals surface area contributed by atoms with Crippen LogP contribution in [0.3, 0.4) is 0 Å². The van der Waals surface area contributed by atoms with Crippen LogP contribution in [0.1, 0.15) is 0 Å². The Bertz CT molecular complexity index is 427. The zero-order valence-corrected chi connectivity index (χ0v) is 9.51. The fourth-order valence-corrected chi connectivity index (χ4v) is 1.96. The van der Waals surface area contributed by atoms with Crippen LogP contribution in [0.2, 0.25) is 0 Å². The first kappa shape index (κ1) is 9.48. The Kier molecular flexibility index (Phi) is 2.69. The number of hydrogen-bond acceptors (Lipinski definition) is 4. The van der Waals surface area contributed by atoms with Gasteiger partial charge in [0.1, 0.15) is 5.75 Å². The fraction of sp³-hybridized carbons (Fsp3) is 0. The summed E-state index contributed by atoms with van der Waals surface area (Å²) in [5, 5.41) is 0.613. The van der Waals surface area contributed by atoms with Crippen molar-refractivity contribution < 1.29 is 4.74 Å². The van der Waals surface area contributed by atoms with Gasteiger partial charge in [-0.15, -0.1) is 0 Å². The Morgan fingerprint density at radius 3 is 2.57 bits per heavy atom. The second kappa shape index (κ2) is 3.98. The lowest BCUT2D eigenvalue weighted by Gasteiger charge is -2.00. The largest absolute Gasteiger partial charge is 0.431 e. The smallest absolute Gasteiger partial charge is 0.279 e. The van der Waals surface area contributed by atoms with E-state index in [9.17, 15) is 0 Å². The molecule has 2 rings (SSSR count). The maximum Gasteiger partial charge on any atom is 0.279 e. The highest BCUT2D eigenvalue weighted by atomic mass is 79.9. The molecule has 0 bridgehead atoms. The predicted octanol–water partition coefficient (Wildman–Crippen LogP) is 3.28. The molecule has 1 heterocycles. The monoisotopic (exact) mass is 270 g/mol. The fourth-order valence-electron chi connectivity index (χ4n) is 0.923. The molecule has 0 saturated carbocycles. The summed E-state index contributed by atoms with van der Waals surface area (Å²) in [6.45, 7) is 0. The van der Waals surface area contributed by atoms with Gasteiger partial charge in [-0.25, -0.2) is 4.98 Å². The maximum atomic E-state index is 5.55. The molecule has 1 aromatic carbocycles. The van der Waals surface area contributed by atoms with Gasteiger partial charge in [0.25, 0.3) is 5.19 Å². The van der Waals surface area contributed by atoms with Gasteiger partial charge in [-0.05, 0) is 40.2 Å². The lowest BCUT2D eigenvalue weighted by Crippen LogP contribution is -1.85. The first-order valence-electron chi connectivity index (χ1n) is 3.89. The van der Waals surface area contributed by atoms with Gasteiger partial charge in [-0.2, -0.15) is 0 Å². The standard InChI is InChI=1S/C9H7BrN2OS/c10-8-5-12-9(14-8)13-7-3-1-6(11)2-4-7/h1-5H,11H2. The van der Waals surface area contributed by atoms with Crippen LogP contribution in [0, 0.1) is 0 Å². The van der Waals surface area contributed by atoms with Crippen LogP contribution in [-0.4, -0.2) is 4.98 Å². The third-order valence-corrected chi connectivity index (χ3v) is 2.90. The van der Waals surface area contributed by atoms with Crippen molar-refractivity contribution >= 4 is 33.0 Å². The highest BCUT2D eigenvalue weighted by Gasteiger charge is 2.01. The topological polar surface area (TPSA) is 48.1 Å². The average molecular weight is 271 g/mol. The Morgan fingerprint density at radius 1 is 1.29 bits per heavy atom. The number of anilines is 1. The van der Waals surface area contributed by atoms with Gasteiger partial charge in [0.15, 0.2) is 0 Å². The van der Waals surface area contributed by atoms with Crippen molar-refractivity contribution in [2.45, 2.75) is 0 Å². The van der Waals surface area contributed by atoms with Crippen molar-refractivity contribution in [3.05, 3.63) is 34.2 Å². The van der Waals surface area contributed by atoms with Crippen LogP contribution < -0.4 is 10.5 Å². The molecule has 0 fully saturated rings. The molecule has 0 atom stereocenters. The van der Waals surface area contributed by atoms with Gasteiger partial charge in [0.2, 0.25) is 0 Å². The molecule has 1 aromatic heterocycles. The highest BCUT2D eigenvalue weighted by Crippen LogP contribution is 2.29. The Balaban J connectivity index is 2.15. The number of hydrogen-bond donors (Lipinski definition) is 1. The SMILES string of the molecule is Nc1ccc(Oc2ncc(Br)s2)cc1. The van der Waals surface area contributed by atoms with E-state index in [-0.39, 0.29) is 0 Å². The first-order valence-corrected chi connectivity index (χ1v) is 5.50. The van der Waals surface area contributed by atoms with Crippen molar-refractivity contribution in [2.24, 2.45) is 0 Å². The zero-order chi connectivity index (χ0) is 9.97. The van der Waals surface area contributed by atoms with E-state index < -0.39 is 0 Å². The summed E-state index contributed by atoms with van der Waals surface area (Å²) in [5.41, 5.74) is 6.27. The van der Waals surface area contributed by atoms with Gasteiger partial charge in [-0.3, -0.25) is 0 Å². The highest BCUT2D eigenvalue weighted by molar-refractivity contribution is 9.11. The van der Waals surface area contributed by atoms with E-state index in [1.54, 1.807) is 18.3 Å². The minimum Gasteiger partial charge on any atom is -0.431 e. The summed E-state index contributed by atoms with van der Waals surface area (Å²) in [4.78, 5) is 4.05. The van der Waals surface area contributed by atoms with Gasteiger partial charge in [-0.1, -0.05) is 11.3 Å². The van der Waals surface area contributed by atoms with E-state index in [0.717, 1.165) is 15.2 Å². The molecule has 0 aliphatic carbocycles. The number of rotatable bonds is 2. The molecule has 2 N–H and O–H groups in total. The number of thiazole rings is 1. The number of nitrogens with zero attached hydrogens (tertiary/aromatic N) is 1. The molecule has 0 radical (unpaired) electrons. The quantitative estimate of drug-likeness (QED) is 0.853.